The van der Waals surface area contributed by atoms with Crippen molar-refractivity contribution < 1.29 is 89.4 Å². The van der Waals surface area contributed by atoms with E-state index in [1.165, 1.54) is 77.0 Å². The summed E-state index contributed by atoms with van der Waals surface area (Å²) >= 11 is 0. The summed E-state index contributed by atoms with van der Waals surface area (Å²) in [6.45, 7) is 1.69. The first-order chi connectivity index (χ1) is 32.3. The zero-order valence-corrected chi connectivity index (χ0v) is 40.4. The summed E-state index contributed by atoms with van der Waals surface area (Å²) in [7, 11) is 0. The molecule has 0 aliphatic carbocycles. The van der Waals surface area contributed by atoms with Gasteiger partial charge in [-0.15, -0.1) is 0 Å². The van der Waals surface area contributed by atoms with Gasteiger partial charge in [0.05, 0.1) is 38.6 Å². The molecule has 19 heteroatoms. The Morgan fingerprint density at radius 1 is 0.478 bits per heavy atom. The number of ether oxygens (including phenoxy) is 6. The third kappa shape index (κ3) is 20.4. The SMILES string of the molecule is CCCCCCCCCCCCCCCCCCC(O)C(COC1OC(CO)C(OC2OC(CO)C(OC3OC(CO)C(O)C(O)C3O)C(O)C2O)C(O)C1O)NC(=O)CCCCCCCC. The Morgan fingerprint density at radius 3 is 1.30 bits per heavy atom. The van der Waals surface area contributed by atoms with Crippen LogP contribution in [0.4, 0.5) is 0 Å². The highest BCUT2D eigenvalue weighted by Gasteiger charge is 2.53. The van der Waals surface area contributed by atoms with Gasteiger partial charge in [-0.25, -0.2) is 0 Å². The Morgan fingerprint density at radius 2 is 0.851 bits per heavy atom. The third-order valence-corrected chi connectivity index (χ3v) is 13.4. The summed E-state index contributed by atoms with van der Waals surface area (Å²) in [4.78, 5) is 13.1. The minimum Gasteiger partial charge on any atom is -0.394 e. The highest BCUT2D eigenvalue weighted by Crippen LogP contribution is 2.33. The fraction of sp³-hybridized carbons (Fsp3) is 0.979. The first kappa shape index (κ1) is 60.1. The number of aliphatic hydroxyl groups is 11. The van der Waals surface area contributed by atoms with E-state index in [0.717, 1.165) is 57.8 Å². The van der Waals surface area contributed by atoms with Crippen molar-refractivity contribution in [3.05, 3.63) is 0 Å². The number of carbonyl (C=O) groups is 1. The van der Waals surface area contributed by atoms with E-state index < -0.39 is 124 Å². The second kappa shape index (κ2) is 34.2. The Kier molecular flexibility index (Phi) is 30.7. The lowest BCUT2D eigenvalue weighted by Gasteiger charge is -2.48. The van der Waals surface area contributed by atoms with Crippen molar-refractivity contribution in [3.63, 3.8) is 0 Å². The molecule has 0 aromatic carbocycles. The van der Waals surface area contributed by atoms with Crippen LogP contribution in [-0.4, -0.2) is 193 Å². The third-order valence-electron chi connectivity index (χ3n) is 13.4. The first-order valence-corrected chi connectivity index (χ1v) is 25.8. The van der Waals surface area contributed by atoms with Gasteiger partial charge in [0, 0.05) is 6.42 Å². The molecule has 0 aromatic rings. The van der Waals surface area contributed by atoms with Crippen LogP contribution < -0.4 is 5.32 Å². The second-order valence-corrected chi connectivity index (χ2v) is 19.0. The van der Waals surface area contributed by atoms with Crippen LogP contribution in [0.3, 0.4) is 0 Å². The van der Waals surface area contributed by atoms with E-state index in [-0.39, 0.29) is 18.9 Å². The predicted octanol–water partition coefficient (Wildman–Crippen LogP) is 1.70. The van der Waals surface area contributed by atoms with Crippen molar-refractivity contribution in [3.8, 4) is 0 Å². The standard InChI is InChI=1S/C48H91NO18/c1-3-5-7-9-11-12-13-14-15-16-17-18-19-20-21-23-25-32(53)31(49-36(54)26-24-22-10-8-6-4-2)30-62-46-42(60)39(57)44(34(28-51)64-46)67-48-43(61)40(58)45(35(29-52)65-48)66-47-41(59)38(56)37(55)33(27-50)63-47/h31-35,37-48,50-53,55-61H,3-30H2,1-2H3,(H,49,54). The molecule has 67 heavy (non-hydrogen) atoms. The van der Waals surface area contributed by atoms with Crippen LogP contribution in [0.2, 0.25) is 0 Å². The topological polar surface area (TPSA) is 307 Å². The van der Waals surface area contributed by atoms with E-state index in [9.17, 15) is 61.0 Å². The van der Waals surface area contributed by atoms with Gasteiger partial charge in [-0.3, -0.25) is 4.79 Å². The van der Waals surface area contributed by atoms with Crippen LogP contribution in [0.25, 0.3) is 0 Å². The normalized spacial score (nSPS) is 33.4. The number of hydrogen-bond donors (Lipinski definition) is 12. The van der Waals surface area contributed by atoms with Gasteiger partial charge in [-0.2, -0.15) is 0 Å². The molecule has 396 valence electrons. The minimum atomic E-state index is -1.97. The number of carbonyl (C=O) groups excluding carboxylic acids is 1. The van der Waals surface area contributed by atoms with Crippen LogP contribution in [0.15, 0.2) is 0 Å². The van der Waals surface area contributed by atoms with E-state index >= 15 is 0 Å². The average Bonchev–Trinajstić information content (AvgIpc) is 3.32. The Hall–Kier alpha value is -1.21. The number of aliphatic hydroxyl groups excluding tert-OH is 11. The van der Waals surface area contributed by atoms with Crippen molar-refractivity contribution in [2.24, 2.45) is 0 Å². The molecular weight excluding hydrogens is 879 g/mol. The van der Waals surface area contributed by atoms with E-state index in [1.54, 1.807) is 0 Å². The van der Waals surface area contributed by atoms with Gasteiger partial charge >= 0.3 is 0 Å². The molecule has 0 bridgehead atoms. The highest BCUT2D eigenvalue weighted by atomic mass is 16.8. The average molecular weight is 970 g/mol. The van der Waals surface area contributed by atoms with Gasteiger partial charge in [-0.05, 0) is 12.8 Å². The van der Waals surface area contributed by atoms with Crippen molar-refractivity contribution in [2.75, 3.05) is 26.4 Å². The molecule has 0 radical (unpaired) electrons. The molecule has 0 spiro atoms. The number of nitrogens with one attached hydrogen (secondary N) is 1. The molecule has 3 rings (SSSR count). The summed E-state index contributed by atoms with van der Waals surface area (Å²) in [6.07, 6.45) is -0.317. The van der Waals surface area contributed by atoms with Crippen LogP contribution >= 0.6 is 0 Å². The van der Waals surface area contributed by atoms with Gasteiger partial charge in [0.15, 0.2) is 18.9 Å². The smallest absolute Gasteiger partial charge is 0.220 e. The maximum absolute atomic E-state index is 13.1. The van der Waals surface area contributed by atoms with Crippen LogP contribution in [0.5, 0.6) is 0 Å². The lowest BCUT2D eigenvalue weighted by atomic mass is 9.96. The fourth-order valence-electron chi connectivity index (χ4n) is 9.08. The molecule has 19 nitrogen and oxygen atoms in total. The van der Waals surface area contributed by atoms with Crippen molar-refractivity contribution in [1.29, 1.82) is 0 Å². The summed E-state index contributed by atoms with van der Waals surface area (Å²) in [5.74, 6) is -0.253. The molecule has 3 aliphatic heterocycles. The van der Waals surface area contributed by atoms with E-state index in [2.05, 4.69) is 19.2 Å². The minimum absolute atomic E-state index is 0.253. The number of unbranched alkanes of at least 4 members (excludes halogenated alkanes) is 20. The summed E-state index contributed by atoms with van der Waals surface area (Å²) in [5.41, 5.74) is 0. The monoisotopic (exact) mass is 970 g/mol. The Balaban J connectivity index is 1.52. The van der Waals surface area contributed by atoms with E-state index in [1.807, 2.05) is 0 Å². The Labute approximate surface area is 398 Å². The molecule has 3 heterocycles. The Bertz CT molecular complexity index is 1250. The molecule has 3 fully saturated rings. The number of hydrogen-bond acceptors (Lipinski definition) is 18. The lowest BCUT2D eigenvalue weighted by molar-refractivity contribution is -0.379. The molecule has 3 aliphatic rings. The largest absolute Gasteiger partial charge is 0.394 e. The molecule has 0 saturated carbocycles. The van der Waals surface area contributed by atoms with Gasteiger partial charge in [0.25, 0.3) is 0 Å². The molecule has 12 N–H and O–H groups in total. The van der Waals surface area contributed by atoms with Crippen LogP contribution in [0.1, 0.15) is 168 Å². The van der Waals surface area contributed by atoms with Crippen molar-refractivity contribution >= 4 is 5.91 Å². The van der Waals surface area contributed by atoms with E-state index in [4.69, 9.17) is 28.4 Å². The summed E-state index contributed by atoms with van der Waals surface area (Å²) < 4.78 is 34.1. The number of amides is 1. The van der Waals surface area contributed by atoms with Gasteiger partial charge < -0.3 is 89.9 Å². The van der Waals surface area contributed by atoms with Crippen molar-refractivity contribution in [2.45, 2.75) is 272 Å². The predicted molar refractivity (Wildman–Crippen MR) is 245 cm³/mol. The summed E-state index contributed by atoms with van der Waals surface area (Å²) in [6, 6.07) is -0.876. The van der Waals surface area contributed by atoms with Crippen LogP contribution in [-0.2, 0) is 33.2 Å². The lowest BCUT2D eigenvalue weighted by Crippen LogP contribution is -2.66. The second-order valence-electron chi connectivity index (χ2n) is 19.0. The van der Waals surface area contributed by atoms with E-state index in [0.29, 0.717) is 12.8 Å². The number of rotatable bonds is 36. The van der Waals surface area contributed by atoms with Gasteiger partial charge in [0.1, 0.15) is 73.2 Å². The molecule has 1 amide bonds. The van der Waals surface area contributed by atoms with Gasteiger partial charge in [-0.1, -0.05) is 149 Å². The zero-order valence-electron chi connectivity index (χ0n) is 40.4. The van der Waals surface area contributed by atoms with Gasteiger partial charge in [0.2, 0.25) is 5.91 Å². The molecule has 3 saturated heterocycles. The quantitative estimate of drug-likeness (QED) is 0.0398. The summed E-state index contributed by atoms with van der Waals surface area (Å²) in [5, 5.41) is 119. The van der Waals surface area contributed by atoms with Crippen molar-refractivity contribution in [1.82, 2.24) is 5.32 Å². The highest BCUT2D eigenvalue weighted by molar-refractivity contribution is 5.76. The molecular formula is C48H91NO18. The van der Waals surface area contributed by atoms with Crippen LogP contribution in [0, 0.1) is 0 Å². The molecule has 17 atom stereocenters. The fourth-order valence-corrected chi connectivity index (χ4v) is 9.08. The maximum atomic E-state index is 13.1. The molecule has 0 aromatic heterocycles. The first-order valence-electron chi connectivity index (χ1n) is 25.8. The molecule has 17 unspecified atom stereocenters. The maximum Gasteiger partial charge on any atom is 0.220 e. The zero-order chi connectivity index (χ0) is 49.1.